The summed E-state index contributed by atoms with van der Waals surface area (Å²) in [4.78, 5) is 23.3. The predicted molar refractivity (Wildman–Crippen MR) is 81.8 cm³/mol. The molecule has 0 spiro atoms. The third kappa shape index (κ3) is 3.83. The Morgan fingerprint density at radius 3 is 2.68 bits per heavy atom. The first-order valence-corrected chi connectivity index (χ1v) is 6.58. The van der Waals surface area contributed by atoms with Crippen molar-refractivity contribution >= 4 is 12.0 Å². The number of methoxy groups -OCH3 is 1. The summed E-state index contributed by atoms with van der Waals surface area (Å²) in [5, 5.41) is 8.43. The van der Waals surface area contributed by atoms with E-state index >= 15 is 0 Å². The van der Waals surface area contributed by atoms with E-state index in [0.717, 1.165) is 17.4 Å². The van der Waals surface area contributed by atoms with Gasteiger partial charge in [-0.2, -0.15) is 0 Å². The van der Waals surface area contributed by atoms with Gasteiger partial charge in [0.2, 0.25) is 0 Å². The van der Waals surface area contributed by atoms with E-state index in [0.29, 0.717) is 12.1 Å². The van der Waals surface area contributed by atoms with E-state index in [2.05, 4.69) is 0 Å². The Morgan fingerprint density at radius 1 is 1.32 bits per heavy atom. The van der Waals surface area contributed by atoms with Crippen LogP contribution in [0, 0.1) is 0 Å². The molecular formula is C16H16N2O4. The zero-order valence-electron chi connectivity index (χ0n) is 12.0. The molecule has 0 bridgehead atoms. The van der Waals surface area contributed by atoms with Crippen molar-refractivity contribution in [2.75, 3.05) is 7.11 Å². The lowest BCUT2D eigenvalue weighted by Crippen LogP contribution is -2.22. The van der Waals surface area contributed by atoms with E-state index in [9.17, 15) is 9.59 Å². The first kappa shape index (κ1) is 15.5. The molecule has 0 aliphatic heterocycles. The number of benzene rings is 1. The van der Waals surface area contributed by atoms with Crippen molar-refractivity contribution in [2.24, 2.45) is 0 Å². The van der Waals surface area contributed by atoms with Crippen molar-refractivity contribution < 1.29 is 14.7 Å². The van der Waals surface area contributed by atoms with Crippen LogP contribution in [0.1, 0.15) is 11.1 Å². The van der Waals surface area contributed by atoms with Gasteiger partial charge in [0.1, 0.15) is 5.75 Å². The fraction of sp³-hybridized carbons (Fsp3) is 0.125. The van der Waals surface area contributed by atoms with E-state index in [1.165, 1.54) is 11.6 Å². The highest BCUT2D eigenvalue weighted by molar-refractivity contribution is 5.90. The minimum Gasteiger partial charge on any atom is -0.497 e. The number of aromatic nitrogens is 1. The summed E-state index contributed by atoms with van der Waals surface area (Å²) in [6.45, 7) is 0.413. The van der Waals surface area contributed by atoms with Crippen molar-refractivity contribution in [2.45, 2.75) is 6.54 Å². The molecule has 2 aromatic rings. The van der Waals surface area contributed by atoms with Crippen molar-refractivity contribution in [3.05, 3.63) is 70.2 Å². The largest absolute Gasteiger partial charge is 0.497 e. The summed E-state index contributed by atoms with van der Waals surface area (Å²) < 4.78 is 6.63. The van der Waals surface area contributed by atoms with Gasteiger partial charge >= 0.3 is 0 Å². The van der Waals surface area contributed by atoms with Crippen LogP contribution in [-0.2, 0) is 11.3 Å². The highest BCUT2D eigenvalue weighted by Crippen LogP contribution is 2.11. The molecule has 1 heterocycles. The SMILES string of the molecule is COc1ccc(Cn2cccc(/C=C/C(=O)NO)c2=O)cc1. The number of carbonyl (C=O) groups is 1. The number of hydroxylamine groups is 1. The molecule has 0 atom stereocenters. The number of amides is 1. The van der Waals surface area contributed by atoms with E-state index < -0.39 is 5.91 Å². The fourth-order valence-corrected chi connectivity index (χ4v) is 1.94. The molecule has 1 amide bonds. The van der Waals surface area contributed by atoms with Crippen LogP contribution in [-0.4, -0.2) is 22.8 Å². The number of nitrogens with zero attached hydrogens (tertiary/aromatic N) is 1. The number of carbonyl (C=O) groups excluding carboxylic acids is 1. The highest BCUT2D eigenvalue weighted by Gasteiger charge is 2.02. The van der Waals surface area contributed by atoms with E-state index in [4.69, 9.17) is 9.94 Å². The van der Waals surface area contributed by atoms with Crippen molar-refractivity contribution in [3.8, 4) is 5.75 Å². The molecule has 6 nitrogen and oxygen atoms in total. The summed E-state index contributed by atoms with van der Waals surface area (Å²) >= 11 is 0. The summed E-state index contributed by atoms with van der Waals surface area (Å²) in [7, 11) is 1.60. The molecule has 22 heavy (non-hydrogen) atoms. The third-order valence-corrected chi connectivity index (χ3v) is 3.09. The number of hydrogen-bond donors (Lipinski definition) is 2. The number of hydrogen-bond acceptors (Lipinski definition) is 4. The monoisotopic (exact) mass is 300 g/mol. The van der Waals surface area contributed by atoms with Gasteiger partial charge in [-0.15, -0.1) is 0 Å². The molecule has 0 aliphatic carbocycles. The minimum absolute atomic E-state index is 0.222. The molecule has 0 fully saturated rings. The molecule has 0 radical (unpaired) electrons. The van der Waals surface area contributed by atoms with E-state index in [-0.39, 0.29) is 5.56 Å². The van der Waals surface area contributed by atoms with Crippen molar-refractivity contribution in [1.82, 2.24) is 10.0 Å². The van der Waals surface area contributed by atoms with Crippen LogP contribution < -0.4 is 15.8 Å². The maximum absolute atomic E-state index is 12.3. The second kappa shape index (κ2) is 7.24. The molecule has 2 N–H and O–H groups in total. The number of ether oxygens (including phenoxy) is 1. The normalized spacial score (nSPS) is 10.6. The quantitative estimate of drug-likeness (QED) is 0.497. The summed E-state index contributed by atoms with van der Waals surface area (Å²) in [6, 6.07) is 10.8. The number of nitrogens with one attached hydrogen (secondary N) is 1. The van der Waals surface area contributed by atoms with Gasteiger partial charge in [-0.05, 0) is 35.9 Å². The lowest BCUT2D eigenvalue weighted by atomic mass is 10.2. The fourth-order valence-electron chi connectivity index (χ4n) is 1.94. The summed E-state index contributed by atoms with van der Waals surface area (Å²) in [6.07, 6.45) is 4.13. The maximum Gasteiger partial charge on any atom is 0.267 e. The average molecular weight is 300 g/mol. The van der Waals surface area contributed by atoms with Crippen LogP contribution in [0.15, 0.2) is 53.5 Å². The molecule has 0 aliphatic rings. The maximum atomic E-state index is 12.3. The molecule has 0 saturated heterocycles. The van der Waals surface area contributed by atoms with Gasteiger partial charge in [0.05, 0.1) is 13.7 Å². The van der Waals surface area contributed by atoms with E-state index in [1.807, 2.05) is 24.3 Å². The van der Waals surface area contributed by atoms with Gasteiger partial charge in [0.15, 0.2) is 0 Å². The second-order valence-electron chi connectivity index (χ2n) is 4.55. The zero-order chi connectivity index (χ0) is 15.9. The highest BCUT2D eigenvalue weighted by atomic mass is 16.5. The Labute approximate surface area is 127 Å². The van der Waals surface area contributed by atoms with Gasteiger partial charge in [0.25, 0.3) is 11.5 Å². The predicted octanol–water partition coefficient (Wildman–Crippen LogP) is 1.42. The van der Waals surface area contributed by atoms with Gasteiger partial charge < -0.3 is 9.30 Å². The van der Waals surface area contributed by atoms with Gasteiger partial charge in [0, 0.05) is 17.8 Å². The van der Waals surface area contributed by atoms with Gasteiger partial charge in [-0.1, -0.05) is 12.1 Å². The smallest absolute Gasteiger partial charge is 0.267 e. The van der Waals surface area contributed by atoms with Crippen LogP contribution >= 0.6 is 0 Å². The molecule has 0 unspecified atom stereocenters. The first-order valence-electron chi connectivity index (χ1n) is 6.58. The molecule has 114 valence electrons. The van der Waals surface area contributed by atoms with E-state index in [1.54, 1.807) is 30.0 Å². The third-order valence-electron chi connectivity index (χ3n) is 3.09. The molecule has 6 heteroatoms. The van der Waals surface area contributed by atoms with Crippen LogP contribution in [0.2, 0.25) is 0 Å². The van der Waals surface area contributed by atoms with Crippen molar-refractivity contribution in [3.63, 3.8) is 0 Å². The molecule has 2 rings (SSSR count). The van der Waals surface area contributed by atoms with Gasteiger partial charge in [-0.3, -0.25) is 14.8 Å². The van der Waals surface area contributed by atoms with Crippen LogP contribution in [0.4, 0.5) is 0 Å². The Balaban J connectivity index is 2.22. The standard InChI is InChI=1S/C16H16N2O4/c1-22-14-7-4-12(5-8-14)11-18-10-2-3-13(16(18)20)6-9-15(19)17-21/h2-10,21H,11H2,1H3,(H,17,19)/b9-6+. The van der Waals surface area contributed by atoms with Crippen LogP contribution in [0.3, 0.4) is 0 Å². The van der Waals surface area contributed by atoms with Crippen LogP contribution in [0.25, 0.3) is 6.08 Å². The summed E-state index contributed by atoms with van der Waals surface area (Å²) in [5.41, 5.74) is 2.57. The lowest BCUT2D eigenvalue weighted by molar-refractivity contribution is -0.124. The summed E-state index contributed by atoms with van der Waals surface area (Å²) in [5.74, 6) is 0.0627. The molecule has 1 aromatic carbocycles. The lowest BCUT2D eigenvalue weighted by Gasteiger charge is -2.07. The zero-order valence-corrected chi connectivity index (χ0v) is 12.0. The molecule has 1 aromatic heterocycles. The Morgan fingerprint density at radius 2 is 2.05 bits per heavy atom. The molecular weight excluding hydrogens is 284 g/mol. The number of rotatable bonds is 5. The number of pyridine rings is 1. The Bertz CT molecular complexity index is 733. The second-order valence-corrected chi connectivity index (χ2v) is 4.55. The van der Waals surface area contributed by atoms with Gasteiger partial charge in [-0.25, -0.2) is 5.48 Å². The minimum atomic E-state index is -0.690. The van der Waals surface area contributed by atoms with Crippen molar-refractivity contribution in [1.29, 1.82) is 0 Å². The Kier molecular flexibility index (Phi) is 5.11. The topological polar surface area (TPSA) is 80.6 Å². The van der Waals surface area contributed by atoms with Crippen LogP contribution in [0.5, 0.6) is 5.75 Å². The molecule has 0 saturated carbocycles. The Hall–Kier alpha value is -2.86. The first-order chi connectivity index (χ1) is 10.6. The average Bonchev–Trinajstić information content (AvgIpc) is 2.56.